The molecule has 98 valence electrons. The molecule has 0 saturated heterocycles. The second kappa shape index (κ2) is 5.62. The van der Waals surface area contributed by atoms with Crippen LogP contribution in [0.15, 0.2) is 18.2 Å². The summed E-state index contributed by atoms with van der Waals surface area (Å²) in [6.45, 7) is 0.465. The first-order chi connectivity index (χ1) is 8.69. The quantitative estimate of drug-likeness (QED) is 0.710. The van der Waals surface area contributed by atoms with Crippen molar-refractivity contribution in [3.05, 3.63) is 23.8 Å². The molecule has 1 aromatic carbocycles. The molecule has 2 rings (SSSR count). The highest BCUT2D eigenvalue weighted by Gasteiger charge is 2.18. The van der Waals surface area contributed by atoms with Gasteiger partial charge >= 0.3 is 6.03 Å². The third kappa shape index (κ3) is 3.06. The Balaban J connectivity index is 1.81. The molecule has 1 fully saturated rings. The van der Waals surface area contributed by atoms with Crippen molar-refractivity contribution in [1.82, 2.24) is 10.6 Å². The minimum atomic E-state index is -0.117. The van der Waals surface area contributed by atoms with Gasteiger partial charge in [0.25, 0.3) is 0 Å². The maximum Gasteiger partial charge on any atom is 0.315 e. The lowest BCUT2D eigenvalue weighted by atomic mass is 9.93. The zero-order chi connectivity index (χ0) is 13.0. The van der Waals surface area contributed by atoms with Gasteiger partial charge in [-0.3, -0.25) is 0 Å². The first-order valence-electron chi connectivity index (χ1n) is 6.16. The number of amides is 2. The zero-order valence-corrected chi connectivity index (χ0v) is 10.5. The molecular weight excluding hydrogens is 230 g/mol. The molecule has 0 spiro atoms. The molecule has 1 saturated carbocycles. The van der Waals surface area contributed by atoms with Crippen LogP contribution in [0.4, 0.5) is 10.5 Å². The minimum absolute atomic E-state index is 0.117. The average molecular weight is 249 g/mol. The second-order valence-corrected chi connectivity index (χ2v) is 4.53. The van der Waals surface area contributed by atoms with Crippen molar-refractivity contribution in [2.24, 2.45) is 0 Å². The van der Waals surface area contributed by atoms with Crippen molar-refractivity contribution in [3.8, 4) is 5.75 Å². The number of nitrogens with two attached hydrogens (primary N) is 1. The van der Waals surface area contributed by atoms with Gasteiger partial charge in [0.2, 0.25) is 0 Å². The molecule has 4 N–H and O–H groups in total. The number of urea groups is 1. The predicted octanol–water partition coefficient (Wildman–Crippen LogP) is 1.63. The van der Waals surface area contributed by atoms with Crippen molar-refractivity contribution in [3.63, 3.8) is 0 Å². The molecule has 0 aliphatic heterocycles. The summed E-state index contributed by atoms with van der Waals surface area (Å²) in [6, 6.07) is 5.73. The number of hydrogen-bond acceptors (Lipinski definition) is 3. The van der Waals surface area contributed by atoms with Gasteiger partial charge in [-0.1, -0.05) is 6.07 Å². The Morgan fingerprint density at radius 1 is 1.50 bits per heavy atom. The maximum absolute atomic E-state index is 11.5. The molecule has 2 amide bonds. The molecule has 0 heterocycles. The lowest BCUT2D eigenvalue weighted by Crippen LogP contribution is -2.44. The van der Waals surface area contributed by atoms with E-state index in [9.17, 15) is 4.79 Å². The number of rotatable bonds is 4. The van der Waals surface area contributed by atoms with Crippen molar-refractivity contribution >= 4 is 11.7 Å². The maximum atomic E-state index is 11.5. The van der Waals surface area contributed by atoms with Crippen LogP contribution in [0.1, 0.15) is 24.8 Å². The summed E-state index contributed by atoms with van der Waals surface area (Å²) in [7, 11) is 1.58. The van der Waals surface area contributed by atoms with Crippen LogP contribution in [0, 0.1) is 0 Å². The van der Waals surface area contributed by atoms with Gasteiger partial charge in [-0.2, -0.15) is 0 Å². The van der Waals surface area contributed by atoms with Gasteiger partial charge in [0.1, 0.15) is 5.75 Å². The van der Waals surface area contributed by atoms with E-state index in [1.54, 1.807) is 13.2 Å². The lowest BCUT2D eigenvalue weighted by molar-refractivity contribution is 0.228. The van der Waals surface area contributed by atoms with Gasteiger partial charge in [0, 0.05) is 12.6 Å². The number of nitrogens with one attached hydrogen (secondary N) is 2. The third-order valence-corrected chi connectivity index (χ3v) is 3.19. The van der Waals surface area contributed by atoms with Crippen LogP contribution in [0.3, 0.4) is 0 Å². The summed E-state index contributed by atoms with van der Waals surface area (Å²) in [5.74, 6) is 0.651. The number of anilines is 1. The van der Waals surface area contributed by atoms with Crippen LogP contribution >= 0.6 is 0 Å². The SMILES string of the molecule is COc1ccc(CNC(=O)NC2CCC2)cc1N. The Morgan fingerprint density at radius 2 is 2.28 bits per heavy atom. The molecule has 0 bridgehead atoms. The van der Waals surface area contributed by atoms with Gasteiger partial charge in [-0.15, -0.1) is 0 Å². The van der Waals surface area contributed by atoms with Gasteiger partial charge in [0.15, 0.2) is 0 Å². The van der Waals surface area contributed by atoms with Crippen LogP contribution in [-0.4, -0.2) is 19.2 Å². The molecule has 1 aromatic rings. The molecule has 1 aliphatic rings. The zero-order valence-electron chi connectivity index (χ0n) is 10.5. The summed E-state index contributed by atoms with van der Waals surface area (Å²) >= 11 is 0. The molecule has 0 aromatic heterocycles. The van der Waals surface area contributed by atoms with Gasteiger partial charge < -0.3 is 21.1 Å². The molecule has 0 atom stereocenters. The van der Waals surface area contributed by atoms with Gasteiger partial charge in [0.05, 0.1) is 12.8 Å². The van der Waals surface area contributed by atoms with Gasteiger partial charge in [-0.25, -0.2) is 4.79 Å². The van der Waals surface area contributed by atoms with E-state index in [-0.39, 0.29) is 6.03 Å². The Bertz CT molecular complexity index is 430. The lowest BCUT2D eigenvalue weighted by Gasteiger charge is -2.26. The Morgan fingerprint density at radius 3 is 2.83 bits per heavy atom. The van der Waals surface area contributed by atoms with E-state index < -0.39 is 0 Å². The monoisotopic (exact) mass is 249 g/mol. The van der Waals surface area contributed by atoms with E-state index in [1.165, 1.54) is 6.42 Å². The molecule has 5 nitrogen and oxygen atoms in total. The van der Waals surface area contributed by atoms with Crippen LogP contribution in [0.2, 0.25) is 0 Å². The first kappa shape index (κ1) is 12.5. The van der Waals surface area contributed by atoms with Crippen LogP contribution < -0.4 is 21.1 Å². The predicted molar refractivity (Wildman–Crippen MR) is 70.4 cm³/mol. The number of carbonyl (C=O) groups is 1. The second-order valence-electron chi connectivity index (χ2n) is 4.53. The van der Waals surface area contributed by atoms with Crippen LogP contribution in [0.5, 0.6) is 5.75 Å². The number of nitrogen functional groups attached to an aromatic ring is 1. The normalized spacial score (nSPS) is 14.7. The fourth-order valence-corrected chi connectivity index (χ4v) is 1.87. The van der Waals surface area contributed by atoms with Crippen LogP contribution in [0.25, 0.3) is 0 Å². The summed E-state index contributed by atoms with van der Waals surface area (Å²) < 4.78 is 5.08. The smallest absolute Gasteiger partial charge is 0.315 e. The highest BCUT2D eigenvalue weighted by molar-refractivity contribution is 5.74. The van der Waals surface area contributed by atoms with E-state index >= 15 is 0 Å². The van der Waals surface area contributed by atoms with E-state index in [1.807, 2.05) is 12.1 Å². The van der Waals surface area contributed by atoms with Crippen molar-refractivity contribution in [2.75, 3.05) is 12.8 Å². The summed E-state index contributed by atoms with van der Waals surface area (Å²) in [6.07, 6.45) is 3.38. The topological polar surface area (TPSA) is 76.4 Å². The molecule has 0 unspecified atom stereocenters. The number of hydrogen-bond donors (Lipinski definition) is 3. The Kier molecular flexibility index (Phi) is 3.92. The fourth-order valence-electron chi connectivity index (χ4n) is 1.87. The Hall–Kier alpha value is -1.91. The molecular formula is C13H19N3O2. The van der Waals surface area contributed by atoms with Gasteiger partial charge in [-0.05, 0) is 37.0 Å². The Labute approximate surface area is 107 Å². The number of ether oxygens (including phenoxy) is 1. The van der Waals surface area contributed by atoms with Crippen molar-refractivity contribution in [1.29, 1.82) is 0 Å². The molecule has 0 radical (unpaired) electrons. The van der Waals surface area contributed by atoms with E-state index in [4.69, 9.17) is 10.5 Å². The number of methoxy groups -OCH3 is 1. The number of benzene rings is 1. The molecule has 18 heavy (non-hydrogen) atoms. The van der Waals surface area contributed by atoms with Crippen LogP contribution in [-0.2, 0) is 6.54 Å². The minimum Gasteiger partial charge on any atom is -0.495 e. The standard InChI is InChI=1S/C13H19N3O2/c1-18-12-6-5-9(7-11(12)14)8-15-13(17)16-10-3-2-4-10/h5-7,10H,2-4,8,14H2,1H3,(H2,15,16,17). The fraction of sp³-hybridized carbons (Fsp3) is 0.462. The number of carbonyl (C=O) groups excluding carboxylic acids is 1. The highest BCUT2D eigenvalue weighted by Crippen LogP contribution is 2.21. The third-order valence-electron chi connectivity index (χ3n) is 3.19. The average Bonchev–Trinajstić information content (AvgIpc) is 2.31. The van der Waals surface area contributed by atoms with E-state index in [2.05, 4.69) is 10.6 Å². The summed E-state index contributed by atoms with van der Waals surface area (Å²) in [5, 5.41) is 5.73. The van der Waals surface area contributed by atoms with E-state index in [0.29, 0.717) is 24.0 Å². The van der Waals surface area contributed by atoms with E-state index in [0.717, 1.165) is 18.4 Å². The molecule has 1 aliphatic carbocycles. The molecule has 5 heteroatoms. The summed E-state index contributed by atoms with van der Waals surface area (Å²) in [5.41, 5.74) is 7.33. The largest absolute Gasteiger partial charge is 0.495 e. The van der Waals surface area contributed by atoms with Crippen molar-refractivity contribution < 1.29 is 9.53 Å². The summed E-state index contributed by atoms with van der Waals surface area (Å²) in [4.78, 5) is 11.5. The first-order valence-corrected chi connectivity index (χ1v) is 6.16. The van der Waals surface area contributed by atoms with Crippen molar-refractivity contribution in [2.45, 2.75) is 31.8 Å². The highest BCUT2D eigenvalue weighted by atomic mass is 16.5.